The Morgan fingerprint density at radius 3 is 2.48 bits per heavy atom. The third kappa shape index (κ3) is 3.72. The Kier molecular flexibility index (Phi) is 4.83. The van der Waals surface area contributed by atoms with Gasteiger partial charge in [-0.2, -0.15) is 5.10 Å². The lowest BCUT2D eigenvalue weighted by Crippen LogP contribution is -2.45. The number of hydrogen-bond acceptors (Lipinski definition) is 3. The summed E-state index contributed by atoms with van der Waals surface area (Å²) in [5.74, 6) is -0.188. The molecule has 0 bridgehead atoms. The van der Waals surface area contributed by atoms with Crippen LogP contribution < -0.4 is 5.56 Å². The number of aromatic nitrogens is 2. The Balaban J connectivity index is 1.57. The monoisotopic (exact) mass is 397 g/mol. The van der Waals surface area contributed by atoms with E-state index in [1.807, 2.05) is 4.90 Å². The molecule has 1 aromatic carbocycles. The van der Waals surface area contributed by atoms with Crippen molar-refractivity contribution in [3.05, 3.63) is 63.8 Å². The summed E-state index contributed by atoms with van der Waals surface area (Å²) in [6.07, 6.45) is 3.36. The summed E-state index contributed by atoms with van der Waals surface area (Å²) >= 11 is 0. The van der Waals surface area contributed by atoms with Gasteiger partial charge in [0.25, 0.3) is 5.56 Å². The fourth-order valence-corrected chi connectivity index (χ4v) is 4.27. The van der Waals surface area contributed by atoms with Gasteiger partial charge < -0.3 is 4.90 Å². The highest BCUT2D eigenvalue weighted by molar-refractivity contribution is 5.91. The van der Waals surface area contributed by atoms with Crippen LogP contribution in [-0.4, -0.2) is 33.2 Å². The predicted octanol–water partition coefficient (Wildman–Crippen LogP) is 3.40. The van der Waals surface area contributed by atoms with E-state index in [0.717, 1.165) is 36.9 Å². The fourth-order valence-electron chi connectivity index (χ4n) is 4.27. The largest absolute Gasteiger partial charge is 0.337 e. The lowest BCUT2D eigenvalue weighted by molar-refractivity contribution is -0.135. The zero-order chi connectivity index (χ0) is 20.8. The molecule has 0 radical (unpaired) electrons. The van der Waals surface area contributed by atoms with Crippen LogP contribution in [0.5, 0.6) is 0 Å². The molecule has 1 aromatic heterocycles. The van der Waals surface area contributed by atoms with Crippen molar-refractivity contribution in [3.8, 4) is 0 Å². The number of nitrogens with zero attached hydrogens (tertiary/aromatic N) is 3. The summed E-state index contributed by atoms with van der Waals surface area (Å²) < 4.78 is 14.8. The highest BCUT2D eigenvalue weighted by Crippen LogP contribution is 2.50. The van der Waals surface area contributed by atoms with Crippen molar-refractivity contribution in [2.75, 3.05) is 6.54 Å². The molecular weight excluding hydrogens is 369 g/mol. The Morgan fingerprint density at radius 2 is 1.86 bits per heavy atom. The van der Waals surface area contributed by atoms with Gasteiger partial charge in [0.2, 0.25) is 5.91 Å². The number of likely N-dealkylation sites (tertiary alicyclic amines) is 1. The summed E-state index contributed by atoms with van der Waals surface area (Å²) in [4.78, 5) is 27.8. The standard InChI is InChI=1S/C23H28FN3O2/c1-22(2,3)19-10-11-20(28)27(25-19)15-18-5-4-14-26(18)21(29)23(12-13-23)16-6-8-17(24)9-7-16/h6-11,18H,4-5,12-15H2,1-3H3. The molecule has 4 rings (SSSR count). The maximum absolute atomic E-state index is 13.5. The zero-order valence-electron chi connectivity index (χ0n) is 17.3. The highest BCUT2D eigenvalue weighted by Gasteiger charge is 2.54. The number of amides is 1. The van der Waals surface area contributed by atoms with Gasteiger partial charge in [0.15, 0.2) is 0 Å². The Labute approximate surface area is 170 Å². The topological polar surface area (TPSA) is 55.2 Å². The first-order valence-corrected chi connectivity index (χ1v) is 10.4. The highest BCUT2D eigenvalue weighted by atomic mass is 19.1. The van der Waals surface area contributed by atoms with Crippen LogP contribution in [0.15, 0.2) is 41.2 Å². The van der Waals surface area contributed by atoms with Gasteiger partial charge in [-0.15, -0.1) is 0 Å². The molecule has 1 atom stereocenters. The maximum Gasteiger partial charge on any atom is 0.266 e. The van der Waals surface area contributed by atoms with E-state index in [9.17, 15) is 14.0 Å². The number of benzene rings is 1. The minimum absolute atomic E-state index is 0.0409. The number of rotatable bonds is 4. The molecule has 29 heavy (non-hydrogen) atoms. The van der Waals surface area contributed by atoms with Gasteiger partial charge in [-0.3, -0.25) is 9.59 Å². The van der Waals surface area contributed by atoms with Crippen molar-refractivity contribution in [3.63, 3.8) is 0 Å². The van der Waals surface area contributed by atoms with Crippen LogP contribution in [0.4, 0.5) is 4.39 Å². The van der Waals surface area contributed by atoms with Crippen LogP contribution in [0.25, 0.3) is 0 Å². The van der Waals surface area contributed by atoms with Crippen molar-refractivity contribution in [1.82, 2.24) is 14.7 Å². The molecule has 2 fully saturated rings. The lowest BCUT2D eigenvalue weighted by atomic mass is 9.92. The van der Waals surface area contributed by atoms with Crippen molar-refractivity contribution >= 4 is 5.91 Å². The molecule has 0 N–H and O–H groups in total. The molecule has 2 aromatic rings. The molecule has 2 aliphatic rings. The third-order valence-electron chi connectivity index (χ3n) is 6.21. The third-order valence-corrected chi connectivity index (χ3v) is 6.21. The number of carbonyl (C=O) groups excluding carboxylic acids is 1. The zero-order valence-corrected chi connectivity index (χ0v) is 17.3. The Bertz CT molecular complexity index is 971. The van der Waals surface area contributed by atoms with Crippen molar-refractivity contribution in [2.24, 2.45) is 0 Å². The van der Waals surface area contributed by atoms with Gasteiger partial charge in [-0.25, -0.2) is 9.07 Å². The SMILES string of the molecule is CC(C)(C)c1ccc(=O)n(CC2CCCN2C(=O)C2(c3ccc(F)cc3)CC2)n1. The minimum Gasteiger partial charge on any atom is -0.337 e. The average Bonchev–Trinajstić information content (AvgIpc) is 3.35. The molecule has 1 saturated carbocycles. The molecule has 154 valence electrons. The first-order chi connectivity index (χ1) is 13.7. The van der Waals surface area contributed by atoms with Gasteiger partial charge in [-0.1, -0.05) is 32.9 Å². The molecular formula is C23H28FN3O2. The molecule has 1 aliphatic carbocycles. The van der Waals surface area contributed by atoms with E-state index in [0.29, 0.717) is 13.1 Å². The average molecular weight is 397 g/mol. The molecule has 1 amide bonds. The molecule has 6 heteroatoms. The molecule has 1 saturated heterocycles. The van der Waals surface area contributed by atoms with Crippen LogP contribution >= 0.6 is 0 Å². The van der Waals surface area contributed by atoms with Crippen LogP contribution in [0.1, 0.15) is 57.7 Å². The van der Waals surface area contributed by atoms with Crippen molar-refractivity contribution < 1.29 is 9.18 Å². The van der Waals surface area contributed by atoms with Crippen LogP contribution in [-0.2, 0) is 22.2 Å². The summed E-state index contributed by atoms with van der Waals surface area (Å²) in [6, 6.07) is 9.60. The van der Waals surface area contributed by atoms with Crippen molar-refractivity contribution in [2.45, 2.75) is 69.9 Å². The van der Waals surface area contributed by atoms with Crippen LogP contribution in [0, 0.1) is 5.82 Å². The van der Waals surface area contributed by atoms with Gasteiger partial charge >= 0.3 is 0 Å². The maximum atomic E-state index is 13.5. The van der Waals surface area contributed by atoms with Gasteiger partial charge in [0, 0.05) is 18.0 Å². The molecule has 1 aliphatic heterocycles. The van der Waals surface area contributed by atoms with E-state index >= 15 is 0 Å². The van der Waals surface area contributed by atoms with E-state index in [1.54, 1.807) is 24.3 Å². The van der Waals surface area contributed by atoms with Gasteiger partial charge in [0.1, 0.15) is 5.82 Å². The number of carbonyl (C=O) groups is 1. The van der Waals surface area contributed by atoms with E-state index in [-0.39, 0.29) is 28.7 Å². The second kappa shape index (κ2) is 7.08. The quantitative estimate of drug-likeness (QED) is 0.795. The smallest absolute Gasteiger partial charge is 0.266 e. The fraction of sp³-hybridized carbons (Fsp3) is 0.522. The van der Waals surface area contributed by atoms with Crippen LogP contribution in [0.3, 0.4) is 0 Å². The Morgan fingerprint density at radius 1 is 1.17 bits per heavy atom. The van der Waals surface area contributed by atoms with Crippen molar-refractivity contribution in [1.29, 1.82) is 0 Å². The molecule has 2 heterocycles. The molecule has 0 spiro atoms. The van der Waals surface area contributed by atoms with E-state index in [4.69, 9.17) is 0 Å². The lowest BCUT2D eigenvalue weighted by Gasteiger charge is -2.29. The minimum atomic E-state index is -0.526. The summed E-state index contributed by atoms with van der Waals surface area (Å²) in [7, 11) is 0. The number of halogens is 1. The predicted molar refractivity (Wildman–Crippen MR) is 109 cm³/mol. The second-order valence-corrected chi connectivity index (χ2v) is 9.37. The normalized spacial score (nSPS) is 20.7. The summed E-state index contributed by atoms with van der Waals surface area (Å²) in [6.45, 7) is 7.30. The van der Waals surface area contributed by atoms with Crippen LogP contribution in [0.2, 0.25) is 0 Å². The number of hydrogen-bond donors (Lipinski definition) is 0. The molecule has 5 nitrogen and oxygen atoms in total. The van der Waals surface area contributed by atoms with Gasteiger partial charge in [-0.05, 0) is 49.4 Å². The first kappa shape index (κ1) is 19.8. The van der Waals surface area contributed by atoms with E-state index < -0.39 is 5.41 Å². The summed E-state index contributed by atoms with van der Waals surface area (Å²) in [5.41, 5.74) is 0.929. The Hall–Kier alpha value is -2.50. The molecule has 1 unspecified atom stereocenters. The summed E-state index contributed by atoms with van der Waals surface area (Å²) in [5, 5.41) is 4.57. The van der Waals surface area contributed by atoms with E-state index in [1.165, 1.54) is 16.8 Å². The van der Waals surface area contributed by atoms with E-state index in [2.05, 4.69) is 25.9 Å². The first-order valence-electron chi connectivity index (χ1n) is 10.4. The second-order valence-electron chi connectivity index (χ2n) is 9.37. The van der Waals surface area contributed by atoms with Gasteiger partial charge in [0.05, 0.1) is 23.7 Å².